The van der Waals surface area contributed by atoms with Gasteiger partial charge in [-0.3, -0.25) is 0 Å². The van der Waals surface area contributed by atoms with Gasteiger partial charge in [-0.15, -0.1) is 0 Å². The van der Waals surface area contributed by atoms with Crippen molar-refractivity contribution in [2.24, 2.45) is 0 Å². The van der Waals surface area contributed by atoms with Crippen LogP contribution in [0.15, 0.2) is 109 Å². The lowest BCUT2D eigenvalue weighted by Crippen LogP contribution is -2.05. The van der Waals surface area contributed by atoms with Crippen LogP contribution in [0.4, 0.5) is 0 Å². The zero-order valence-corrected chi connectivity index (χ0v) is 19.1. The quantitative estimate of drug-likeness (QED) is 0.199. The van der Waals surface area contributed by atoms with Gasteiger partial charge >= 0.3 is 11.9 Å². The highest BCUT2D eigenvalue weighted by molar-refractivity contribution is 6.35. The molecule has 0 bridgehead atoms. The van der Waals surface area contributed by atoms with E-state index >= 15 is 0 Å². The second-order valence-electron chi connectivity index (χ2n) is 8.74. The minimum absolute atomic E-state index is 0.00885. The Bertz CT molecular complexity index is 1790. The van der Waals surface area contributed by atoms with Crippen molar-refractivity contribution in [3.8, 4) is 0 Å². The van der Waals surface area contributed by atoms with E-state index in [2.05, 4.69) is 48.5 Å². The first-order valence-corrected chi connectivity index (χ1v) is 11.6. The Morgan fingerprint density at radius 2 is 0.778 bits per heavy atom. The second kappa shape index (κ2) is 8.36. The summed E-state index contributed by atoms with van der Waals surface area (Å²) in [5.41, 5.74) is 0.0177. The molecule has 7 aromatic carbocycles. The average Bonchev–Trinajstić information content (AvgIpc) is 2.91. The lowest BCUT2D eigenvalue weighted by Gasteiger charge is -2.16. The predicted octanol–water partition coefficient (Wildman–Crippen LogP) is 7.97. The van der Waals surface area contributed by atoms with Crippen molar-refractivity contribution < 1.29 is 19.8 Å². The third-order valence-corrected chi connectivity index (χ3v) is 6.77. The van der Waals surface area contributed by atoms with Gasteiger partial charge in [0.2, 0.25) is 0 Å². The van der Waals surface area contributed by atoms with Gasteiger partial charge in [0, 0.05) is 5.39 Å². The number of rotatable bonds is 2. The van der Waals surface area contributed by atoms with E-state index < -0.39 is 11.9 Å². The first-order chi connectivity index (χ1) is 17.5. The number of benzene rings is 7. The van der Waals surface area contributed by atoms with Crippen molar-refractivity contribution in [3.63, 3.8) is 0 Å². The summed E-state index contributed by atoms with van der Waals surface area (Å²) in [6.45, 7) is 0. The molecular weight excluding hydrogens is 448 g/mol. The highest BCUT2D eigenvalue weighted by Crippen LogP contribution is 2.42. The monoisotopic (exact) mass is 468 g/mol. The van der Waals surface area contributed by atoms with Gasteiger partial charge in [0.05, 0.1) is 11.1 Å². The molecular formula is C32H20O4. The lowest BCUT2D eigenvalue weighted by molar-refractivity contribution is 0.0695. The number of carboxylic acid groups (broad SMARTS) is 2. The van der Waals surface area contributed by atoms with Crippen LogP contribution in [0.25, 0.3) is 53.9 Å². The Balaban J connectivity index is 0.000000200. The van der Waals surface area contributed by atoms with E-state index in [9.17, 15) is 19.8 Å². The molecule has 0 fully saturated rings. The van der Waals surface area contributed by atoms with Crippen LogP contribution in [-0.2, 0) is 0 Å². The Hall–Kier alpha value is -4.96. The largest absolute Gasteiger partial charge is 0.478 e. The van der Waals surface area contributed by atoms with Crippen molar-refractivity contribution >= 4 is 65.8 Å². The molecule has 36 heavy (non-hydrogen) atoms. The average molecular weight is 469 g/mol. The summed E-state index contributed by atoms with van der Waals surface area (Å²) in [6.07, 6.45) is 0. The molecule has 0 aromatic heterocycles. The number of fused-ring (bicyclic) bond motifs is 3. The van der Waals surface area contributed by atoms with Crippen molar-refractivity contribution in [2.45, 2.75) is 0 Å². The molecule has 0 heterocycles. The smallest absolute Gasteiger partial charge is 0.336 e. The molecule has 0 radical (unpaired) electrons. The Morgan fingerprint density at radius 3 is 1.19 bits per heavy atom. The third-order valence-electron chi connectivity index (χ3n) is 6.77. The van der Waals surface area contributed by atoms with Crippen LogP contribution in [0.5, 0.6) is 0 Å². The maximum atomic E-state index is 11.8. The molecule has 0 atom stereocenters. The number of hydrogen-bond acceptors (Lipinski definition) is 2. The maximum Gasteiger partial charge on any atom is 0.336 e. The molecule has 0 saturated heterocycles. The van der Waals surface area contributed by atoms with E-state index in [-0.39, 0.29) is 16.5 Å². The van der Waals surface area contributed by atoms with Crippen LogP contribution in [0.2, 0.25) is 0 Å². The van der Waals surface area contributed by atoms with Crippen LogP contribution in [-0.4, -0.2) is 22.2 Å². The number of hydrogen-bond donors (Lipinski definition) is 2. The summed E-state index contributed by atoms with van der Waals surface area (Å²) in [5, 5.41) is 28.8. The Labute approximate surface area is 206 Å². The summed E-state index contributed by atoms with van der Waals surface area (Å²) in [4.78, 5) is 23.5. The highest BCUT2D eigenvalue weighted by atomic mass is 16.4. The van der Waals surface area contributed by atoms with E-state index in [0.717, 1.165) is 32.3 Å². The van der Waals surface area contributed by atoms with Crippen LogP contribution < -0.4 is 0 Å². The van der Waals surface area contributed by atoms with E-state index in [4.69, 9.17) is 0 Å². The molecule has 0 spiro atoms. The van der Waals surface area contributed by atoms with Crippen molar-refractivity contribution in [3.05, 3.63) is 120 Å². The van der Waals surface area contributed by atoms with Gasteiger partial charge in [0.1, 0.15) is 0 Å². The SMILES string of the molecule is O=C(O)c1ccc2c3cccc4cccc(c5ccc(C(=O)O)c1c25)c43.c1ccc2ccccc2c1. The van der Waals surface area contributed by atoms with E-state index in [0.29, 0.717) is 5.39 Å². The molecule has 172 valence electrons. The zero-order valence-electron chi connectivity index (χ0n) is 19.1. The van der Waals surface area contributed by atoms with Gasteiger partial charge in [-0.05, 0) is 60.6 Å². The zero-order chi connectivity index (χ0) is 24.8. The minimum Gasteiger partial charge on any atom is -0.478 e. The number of aromatic carboxylic acids is 2. The van der Waals surface area contributed by atoms with Gasteiger partial charge in [0.15, 0.2) is 0 Å². The summed E-state index contributed by atoms with van der Waals surface area (Å²) in [7, 11) is 0. The van der Waals surface area contributed by atoms with Gasteiger partial charge in [0.25, 0.3) is 0 Å². The van der Waals surface area contributed by atoms with E-state index in [1.54, 1.807) is 12.1 Å². The fraction of sp³-hybridized carbons (Fsp3) is 0. The predicted molar refractivity (Wildman–Crippen MR) is 146 cm³/mol. The van der Waals surface area contributed by atoms with Crippen molar-refractivity contribution in [1.29, 1.82) is 0 Å². The highest BCUT2D eigenvalue weighted by Gasteiger charge is 2.21. The van der Waals surface area contributed by atoms with Crippen molar-refractivity contribution in [1.82, 2.24) is 0 Å². The van der Waals surface area contributed by atoms with Crippen molar-refractivity contribution in [2.75, 3.05) is 0 Å². The molecule has 0 aliphatic rings. The fourth-order valence-corrected chi connectivity index (χ4v) is 5.22. The summed E-state index contributed by atoms with van der Waals surface area (Å²) in [5.74, 6) is -2.26. The van der Waals surface area contributed by atoms with Crippen LogP contribution in [0.3, 0.4) is 0 Å². The molecule has 2 N–H and O–H groups in total. The third kappa shape index (κ3) is 3.31. The fourth-order valence-electron chi connectivity index (χ4n) is 5.22. The topological polar surface area (TPSA) is 74.6 Å². The van der Waals surface area contributed by atoms with Gasteiger partial charge in [-0.1, -0.05) is 97.1 Å². The molecule has 0 aliphatic heterocycles. The Morgan fingerprint density at radius 1 is 0.389 bits per heavy atom. The Kier molecular flexibility index (Phi) is 5.01. The van der Waals surface area contributed by atoms with Gasteiger partial charge in [-0.2, -0.15) is 0 Å². The normalized spacial score (nSPS) is 11.2. The molecule has 7 rings (SSSR count). The maximum absolute atomic E-state index is 11.8. The minimum atomic E-state index is -1.13. The molecule has 4 heteroatoms. The van der Waals surface area contributed by atoms with Crippen LogP contribution >= 0.6 is 0 Å². The van der Waals surface area contributed by atoms with E-state index in [1.165, 1.54) is 22.9 Å². The molecule has 0 aliphatic carbocycles. The summed E-state index contributed by atoms with van der Waals surface area (Å²) in [6, 6.07) is 35.3. The molecule has 0 unspecified atom stereocenters. The number of carbonyl (C=O) groups is 2. The lowest BCUT2D eigenvalue weighted by atomic mass is 9.86. The van der Waals surface area contributed by atoms with Gasteiger partial charge in [-0.25, -0.2) is 9.59 Å². The van der Waals surface area contributed by atoms with Gasteiger partial charge < -0.3 is 10.2 Å². The van der Waals surface area contributed by atoms with E-state index in [1.807, 2.05) is 36.4 Å². The summed E-state index contributed by atoms with van der Waals surface area (Å²) >= 11 is 0. The van der Waals surface area contributed by atoms with Crippen LogP contribution in [0.1, 0.15) is 20.7 Å². The number of carboxylic acids is 2. The first-order valence-electron chi connectivity index (χ1n) is 11.6. The van der Waals surface area contributed by atoms with Crippen LogP contribution in [0, 0.1) is 0 Å². The molecule has 0 amide bonds. The summed E-state index contributed by atoms with van der Waals surface area (Å²) < 4.78 is 0. The molecule has 7 aromatic rings. The first kappa shape index (κ1) is 21.6. The molecule has 4 nitrogen and oxygen atoms in total. The standard InChI is InChI=1S/C22H12O4.C10H8/c23-21(24)16-9-7-14-12-5-1-3-11-4-2-6-13(18(11)12)15-8-10-17(22(25)26)20(16)19(14)15;1-2-6-10-8-4-3-7-9(10)5-1/h1-10H,(H,23,24)(H,25,26);1-8H. The molecule has 0 saturated carbocycles. The second-order valence-corrected chi connectivity index (χ2v) is 8.74.